The largest absolute Gasteiger partial charge is 0.326 e. The molecule has 2 amide bonds. The Labute approximate surface area is 181 Å². The number of hydrogen-bond acceptors (Lipinski definition) is 5. The molecule has 3 aromatic rings. The lowest BCUT2D eigenvalue weighted by molar-refractivity contribution is -0.122. The number of tetrazole rings is 1. The van der Waals surface area contributed by atoms with Gasteiger partial charge in [0.2, 0.25) is 11.8 Å². The molecule has 1 saturated heterocycles. The fraction of sp³-hybridized carbons (Fsp3) is 0.348. The van der Waals surface area contributed by atoms with Gasteiger partial charge < -0.3 is 10.2 Å². The Morgan fingerprint density at radius 1 is 1.23 bits per heavy atom. The van der Waals surface area contributed by atoms with Crippen LogP contribution in [0.5, 0.6) is 0 Å². The molecule has 2 unspecified atom stereocenters. The first kappa shape index (κ1) is 20.7. The number of nitrogens with zero attached hydrogens (tertiary/aromatic N) is 5. The summed E-state index contributed by atoms with van der Waals surface area (Å²) >= 11 is 0. The minimum Gasteiger partial charge on any atom is -0.326 e. The van der Waals surface area contributed by atoms with Crippen molar-refractivity contribution in [3.05, 3.63) is 54.1 Å². The topological polar surface area (TPSA) is 93.0 Å². The zero-order valence-corrected chi connectivity index (χ0v) is 17.9. The molecular formula is C23H26N6O2. The third-order valence-corrected chi connectivity index (χ3v) is 5.88. The van der Waals surface area contributed by atoms with Crippen molar-refractivity contribution in [1.82, 2.24) is 20.2 Å². The van der Waals surface area contributed by atoms with Crippen molar-refractivity contribution in [2.24, 2.45) is 13.0 Å². The van der Waals surface area contributed by atoms with Crippen LogP contribution < -0.4 is 10.2 Å². The van der Waals surface area contributed by atoms with E-state index in [1.165, 1.54) is 0 Å². The first-order chi connectivity index (χ1) is 15.0. The Morgan fingerprint density at radius 3 is 2.77 bits per heavy atom. The van der Waals surface area contributed by atoms with Gasteiger partial charge in [-0.15, -0.1) is 5.10 Å². The maximum atomic E-state index is 12.9. The average Bonchev–Trinajstić information content (AvgIpc) is 3.39. The third kappa shape index (κ3) is 4.19. The number of carbonyl (C=O) groups excluding carboxylic acids is 2. The normalized spacial score (nSPS) is 17.1. The second kappa shape index (κ2) is 8.67. The highest BCUT2D eigenvalue weighted by molar-refractivity contribution is 6.04. The second-order valence-electron chi connectivity index (χ2n) is 7.97. The molecule has 0 saturated carbocycles. The number of rotatable bonds is 6. The van der Waals surface area contributed by atoms with Crippen LogP contribution in [-0.4, -0.2) is 38.6 Å². The number of hydrogen-bond donors (Lipinski definition) is 1. The standard InChI is InChI=1S/C23H26N6O2/c1-4-15(2)19-10-5-6-11-20(19)29-14-17(13-21(29)30)23(31)24-18-9-7-8-16(12-18)22-25-26-27-28(22)3/h5-12,15,17H,4,13-14H2,1-3H3,(H,24,31). The summed E-state index contributed by atoms with van der Waals surface area (Å²) < 4.78 is 1.57. The highest BCUT2D eigenvalue weighted by Gasteiger charge is 2.36. The van der Waals surface area contributed by atoms with Crippen molar-refractivity contribution in [2.45, 2.75) is 32.6 Å². The van der Waals surface area contributed by atoms with Gasteiger partial charge in [-0.3, -0.25) is 9.59 Å². The Morgan fingerprint density at radius 2 is 2.03 bits per heavy atom. The van der Waals surface area contributed by atoms with Crippen LogP contribution in [0.2, 0.25) is 0 Å². The maximum absolute atomic E-state index is 12.9. The van der Waals surface area contributed by atoms with Crippen molar-refractivity contribution in [1.29, 1.82) is 0 Å². The number of aromatic nitrogens is 4. The molecule has 0 aliphatic carbocycles. The van der Waals surface area contributed by atoms with E-state index in [9.17, 15) is 9.59 Å². The van der Waals surface area contributed by atoms with Crippen LogP contribution in [0.15, 0.2) is 48.5 Å². The lowest BCUT2D eigenvalue weighted by Crippen LogP contribution is -2.29. The Bertz CT molecular complexity index is 1110. The van der Waals surface area contributed by atoms with Crippen LogP contribution in [0.4, 0.5) is 11.4 Å². The molecule has 31 heavy (non-hydrogen) atoms. The predicted molar refractivity (Wildman–Crippen MR) is 118 cm³/mol. The van der Waals surface area contributed by atoms with Crippen molar-refractivity contribution in [3.8, 4) is 11.4 Å². The van der Waals surface area contributed by atoms with E-state index in [0.717, 1.165) is 23.2 Å². The number of nitrogens with one attached hydrogen (secondary N) is 1. The van der Waals surface area contributed by atoms with E-state index in [2.05, 4.69) is 40.8 Å². The first-order valence-electron chi connectivity index (χ1n) is 10.5. The molecule has 2 heterocycles. The molecular weight excluding hydrogens is 392 g/mol. The van der Waals surface area contributed by atoms with E-state index in [-0.39, 0.29) is 18.2 Å². The Kier molecular flexibility index (Phi) is 5.79. The van der Waals surface area contributed by atoms with E-state index in [1.807, 2.05) is 42.5 Å². The Hall–Kier alpha value is -3.55. The summed E-state index contributed by atoms with van der Waals surface area (Å²) in [5.41, 5.74) is 3.51. The van der Waals surface area contributed by atoms with Gasteiger partial charge in [-0.1, -0.05) is 44.2 Å². The smallest absolute Gasteiger partial charge is 0.229 e. The van der Waals surface area contributed by atoms with Gasteiger partial charge in [-0.2, -0.15) is 0 Å². The summed E-state index contributed by atoms with van der Waals surface area (Å²) in [7, 11) is 1.76. The number of benzene rings is 2. The molecule has 8 heteroatoms. The van der Waals surface area contributed by atoms with E-state index in [1.54, 1.807) is 16.6 Å². The maximum Gasteiger partial charge on any atom is 0.229 e. The second-order valence-corrected chi connectivity index (χ2v) is 7.97. The summed E-state index contributed by atoms with van der Waals surface area (Å²) in [4.78, 5) is 27.5. The minimum atomic E-state index is -0.405. The van der Waals surface area contributed by atoms with E-state index in [4.69, 9.17) is 0 Å². The van der Waals surface area contributed by atoms with Crippen molar-refractivity contribution in [2.75, 3.05) is 16.8 Å². The van der Waals surface area contributed by atoms with Gasteiger partial charge in [0.1, 0.15) is 0 Å². The van der Waals surface area contributed by atoms with Crippen LogP contribution in [0.3, 0.4) is 0 Å². The Balaban J connectivity index is 1.49. The summed E-state index contributed by atoms with van der Waals surface area (Å²) in [5.74, 6) is 0.368. The highest BCUT2D eigenvalue weighted by Crippen LogP contribution is 2.33. The lowest BCUT2D eigenvalue weighted by Gasteiger charge is -2.23. The molecule has 0 radical (unpaired) electrons. The van der Waals surface area contributed by atoms with Gasteiger partial charge >= 0.3 is 0 Å². The van der Waals surface area contributed by atoms with Crippen molar-refractivity contribution in [3.63, 3.8) is 0 Å². The molecule has 1 aliphatic heterocycles. The highest BCUT2D eigenvalue weighted by atomic mass is 16.2. The quantitative estimate of drug-likeness (QED) is 0.662. The molecule has 4 rings (SSSR count). The van der Waals surface area contributed by atoms with E-state index < -0.39 is 5.92 Å². The number of carbonyl (C=O) groups is 2. The molecule has 8 nitrogen and oxygen atoms in total. The first-order valence-corrected chi connectivity index (χ1v) is 10.5. The van der Waals surface area contributed by atoms with Gasteiger partial charge in [0.05, 0.1) is 5.92 Å². The number of amides is 2. The van der Waals surface area contributed by atoms with Gasteiger partial charge in [0.25, 0.3) is 0 Å². The average molecular weight is 419 g/mol. The van der Waals surface area contributed by atoms with Crippen LogP contribution >= 0.6 is 0 Å². The van der Waals surface area contributed by atoms with Crippen LogP contribution in [-0.2, 0) is 16.6 Å². The fourth-order valence-electron chi connectivity index (χ4n) is 3.94. The minimum absolute atomic E-state index is 0.0187. The molecule has 2 atom stereocenters. The molecule has 0 bridgehead atoms. The van der Waals surface area contributed by atoms with Gasteiger partial charge in [0, 0.05) is 37.0 Å². The summed E-state index contributed by atoms with van der Waals surface area (Å²) in [5, 5.41) is 14.5. The molecule has 0 spiro atoms. The predicted octanol–water partition coefficient (Wildman–Crippen LogP) is 3.38. The number of aryl methyl sites for hydroxylation is 1. The number of anilines is 2. The van der Waals surface area contributed by atoms with Gasteiger partial charge in [-0.05, 0) is 46.5 Å². The zero-order chi connectivity index (χ0) is 22.0. The fourth-order valence-corrected chi connectivity index (χ4v) is 3.94. The molecule has 1 aliphatic rings. The van der Waals surface area contributed by atoms with Crippen molar-refractivity contribution >= 4 is 23.2 Å². The lowest BCUT2D eigenvalue weighted by atomic mass is 9.96. The molecule has 1 aromatic heterocycles. The molecule has 1 fully saturated rings. The summed E-state index contributed by atoms with van der Waals surface area (Å²) in [6, 6.07) is 15.3. The molecule has 2 aromatic carbocycles. The van der Waals surface area contributed by atoms with E-state index >= 15 is 0 Å². The number of para-hydroxylation sites is 1. The molecule has 160 valence electrons. The monoisotopic (exact) mass is 418 g/mol. The van der Waals surface area contributed by atoms with E-state index in [0.29, 0.717) is 24.0 Å². The summed E-state index contributed by atoms with van der Waals surface area (Å²) in [6.07, 6.45) is 1.19. The van der Waals surface area contributed by atoms with Crippen LogP contribution in [0.1, 0.15) is 38.2 Å². The summed E-state index contributed by atoms with van der Waals surface area (Å²) in [6.45, 7) is 4.67. The SMILES string of the molecule is CCC(C)c1ccccc1N1CC(C(=O)Nc2cccc(-c3nnnn3C)c2)CC1=O. The van der Waals surface area contributed by atoms with Crippen LogP contribution in [0, 0.1) is 5.92 Å². The van der Waals surface area contributed by atoms with Gasteiger partial charge in [0.15, 0.2) is 5.82 Å². The molecule has 1 N–H and O–H groups in total. The zero-order valence-electron chi connectivity index (χ0n) is 17.9. The van der Waals surface area contributed by atoms with Crippen molar-refractivity contribution < 1.29 is 9.59 Å². The third-order valence-electron chi connectivity index (χ3n) is 5.88. The van der Waals surface area contributed by atoms with Crippen LogP contribution in [0.25, 0.3) is 11.4 Å². The van der Waals surface area contributed by atoms with Gasteiger partial charge in [-0.25, -0.2) is 4.68 Å².